The van der Waals surface area contributed by atoms with Crippen LogP contribution in [-0.2, 0) is 6.54 Å². The molecule has 0 spiro atoms. The minimum atomic E-state index is 0.0558. The predicted octanol–water partition coefficient (Wildman–Crippen LogP) is 5.83. The Labute approximate surface area is 159 Å². The zero-order valence-corrected chi connectivity index (χ0v) is 15.7. The summed E-state index contributed by atoms with van der Waals surface area (Å²) in [4.78, 5) is 13.5. The van der Waals surface area contributed by atoms with E-state index in [1.807, 2.05) is 60.8 Å². The van der Waals surface area contributed by atoms with Crippen LogP contribution in [0.2, 0.25) is 0 Å². The first kappa shape index (κ1) is 17.3. The van der Waals surface area contributed by atoms with E-state index in [-0.39, 0.29) is 5.78 Å². The van der Waals surface area contributed by atoms with E-state index in [9.17, 15) is 4.79 Å². The monoisotopic (exact) mass is 357 g/mol. The Balaban J connectivity index is 1.88. The lowest BCUT2D eigenvalue weighted by atomic mass is 9.96. The summed E-state index contributed by atoms with van der Waals surface area (Å²) in [6, 6.07) is 19.8. The van der Waals surface area contributed by atoms with Gasteiger partial charge in [-0.25, -0.2) is 0 Å². The Morgan fingerprint density at radius 1 is 0.889 bits per heavy atom. The van der Waals surface area contributed by atoms with Gasteiger partial charge in [0.25, 0.3) is 0 Å². The van der Waals surface area contributed by atoms with E-state index in [1.54, 1.807) is 7.11 Å². The SMILES string of the molecule is CCCCn1cc(C(=O)c2ccc(OC)c3ccccc23)c2ccccc21. The summed E-state index contributed by atoms with van der Waals surface area (Å²) in [5, 5.41) is 2.89. The molecule has 0 saturated carbocycles. The zero-order valence-electron chi connectivity index (χ0n) is 15.7. The van der Waals surface area contributed by atoms with Gasteiger partial charge in [-0.2, -0.15) is 0 Å². The molecular weight excluding hydrogens is 334 g/mol. The molecule has 0 amide bonds. The molecule has 0 bridgehead atoms. The average molecular weight is 357 g/mol. The fourth-order valence-corrected chi connectivity index (χ4v) is 3.73. The van der Waals surface area contributed by atoms with Crippen molar-refractivity contribution in [2.24, 2.45) is 0 Å². The number of ketones is 1. The van der Waals surface area contributed by atoms with Crippen molar-refractivity contribution in [3.05, 3.63) is 78.0 Å². The zero-order chi connectivity index (χ0) is 18.8. The van der Waals surface area contributed by atoms with Gasteiger partial charge in [-0.1, -0.05) is 55.8 Å². The van der Waals surface area contributed by atoms with Gasteiger partial charge in [-0.3, -0.25) is 4.79 Å². The van der Waals surface area contributed by atoms with Crippen LogP contribution in [0.25, 0.3) is 21.7 Å². The van der Waals surface area contributed by atoms with E-state index in [0.29, 0.717) is 5.56 Å². The number of unbranched alkanes of at least 4 members (excludes halogenated alkanes) is 1. The van der Waals surface area contributed by atoms with Crippen LogP contribution in [0, 0.1) is 0 Å². The molecule has 4 aromatic rings. The first-order valence-corrected chi connectivity index (χ1v) is 9.43. The highest BCUT2D eigenvalue weighted by Crippen LogP contribution is 2.31. The van der Waals surface area contributed by atoms with Crippen LogP contribution < -0.4 is 4.74 Å². The molecule has 0 N–H and O–H groups in total. The molecule has 0 fully saturated rings. The van der Waals surface area contributed by atoms with Crippen molar-refractivity contribution in [2.45, 2.75) is 26.3 Å². The second kappa shape index (κ2) is 7.28. The summed E-state index contributed by atoms with van der Waals surface area (Å²) >= 11 is 0. The maximum Gasteiger partial charge on any atom is 0.195 e. The maximum atomic E-state index is 13.5. The Morgan fingerprint density at radius 3 is 2.33 bits per heavy atom. The molecule has 0 unspecified atom stereocenters. The Bertz CT molecular complexity index is 1120. The molecule has 0 aliphatic rings. The van der Waals surface area contributed by atoms with Crippen LogP contribution in [0.4, 0.5) is 0 Å². The van der Waals surface area contributed by atoms with Crippen LogP contribution in [0.1, 0.15) is 35.7 Å². The molecule has 27 heavy (non-hydrogen) atoms. The van der Waals surface area contributed by atoms with E-state index in [1.165, 1.54) is 0 Å². The van der Waals surface area contributed by atoms with Crippen molar-refractivity contribution < 1.29 is 9.53 Å². The van der Waals surface area contributed by atoms with Gasteiger partial charge in [0.05, 0.1) is 7.11 Å². The fraction of sp³-hybridized carbons (Fsp3) is 0.208. The summed E-state index contributed by atoms with van der Waals surface area (Å²) in [6.45, 7) is 3.11. The Morgan fingerprint density at radius 2 is 1.59 bits per heavy atom. The third-order valence-electron chi connectivity index (χ3n) is 5.13. The average Bonchev–Trinajstić information content (AvgIpc) is 3.09. The number of aromatic nitrogens is 1. The predicted molar refractivity (Wildman–Crippen MR) is 111 cm³/mol. The number of rotatable bonds is 6. The fourth-order valence-electron chi connectivity index (χ4n) is 3.73. The van der Waals surface area contributed by atoms with Crippen LogP contribution in [-0.4, -0.2) is 17.5 Å². The van der Waals surface area contributed by atoms with E-state index < -0.39 is 0 Å². The molecule has 0 aliphatic heterocycles. The van der Waals surface area contributed by atoms with Crippen LogP contribution in [0.3, 0.4) is 0 Å². The number of hydrogen-bond donors (Lipinski definition) is 0. The minimum absolute atomic E-state index is 0.0558. The number of aryl methyl sites for hydroxylation is 1. The number of ether oxygens (including phenoxy) is 1. The number of fused-ring (bicyclic) bond motifs is 2. The first-order chi connectivity index (χ1) is 13.2. The third-order valence-corrected chi connectivity index (χ3v) is 5.13. The standard InChI is InChI=1S/C24H23NO2/c1-3-4-15-25-16-21(18-10-7-8-12-22(18)25)24(26)20-13-14-23(27-2)19-11-6-5-9-17(19)20/h5-14,16H,3-4,15H2,1-2H3. The van der Waals surface area contributed by atoms with E-state index in [0.717, 1.165) is 52.4 Å². The van der Waals surface area contributed by atoms with Gasteiger partial charge < -0.3 is 9.30 Å². The van der Waals surface area contributed by atoms with Gasteiger partial charge in [0, 0.05) is 40.2 Å². The van der Waals surface area contributed by atoms with Crippen molar-refractivity contribution in [3.63, 3.8) is 0 Å². The summed E-state index contributed by atoms with van der Waals surface area (Å²) < 4.78 is 7.68. The molecule has 0 saturated heterocycles. The van der Waals surface area contributed by atoms with Crippen LogP contribution in [0.5, 0.6) is 5.75 Å². The van der Waals surface area contributed by atoms with E-state index >= 15 is 0 Å². The molecule has 1 aromatic heterocycles. The molecule has 0 radical (unpaired) electrons. The molecule has 3 heteroatoms. The number of carbonyl (C=O) groups is 1. The minimum Gasteiger partial charge on any atom is -0.496 e. The molecule has 0 aliphatic carbocycles. The molecule has 1 heterocycles. The lowest BCUT2D eigenvalue weighted by Crippen LogP contribution is -2.02. The highest BCUT2D eigenvalue weighted by Gasteiger charge is 2.19. The molecule has 0 atom stereocenters. The van der Waals surface area contributed by atoms with Crippen molar-refractivity contribution in [3.8, 4) is 5.75 Å². The summed E-state index contributed by atoms with van der Waals surface area (Å²) in [5.74, 6) is 0.841. The number of hydrogen-bond acceptors (Lipinski definition) is 2. The molecule has 4 rings (SSSR count). The molecule has 3 aromatic carbocycles. The molecule has 3 nitrogen and oxygen atoms in total. The van der Waals surface area contributed by atoms with Gasteiger partial charge in [0.2, 0.25) is 0 Å². The van der Waals surface area contributed by atoms with E-state index in [2.05, 4.69) is 17.6 Å². The number of carbonyl (C=O) groups excluding carboxylic acids is 1. The first-order valence-electron chi connectivity index (χ1n) is 9.43. The van der Waals surface area contributed by atoms with Crippen molar-refractivity contribution in [1.29, 1.82) is 0 Å². The van der Waals surface area contributed by atoms with Gasteiger partial charge >= 0.3 is 0 Å². The lowest BCUT2D eigenvalue weighted by molar-refractivity contribution is 0.104. The highest BCUT2D eigenvalue weighted by atomic mass is 16.5. The summed E-state index contributed by atoms with van der Waals surface area (Å²) in [6.07, 6.45) is 4.23. The molecule has 136 valence electrons. The number of nitrogens with zero attached hydrogens (tertiary/aromatic N) is 1. The largest absolute Gasteiger partial charge is 0.496 e. The quantitative estimate of drug-likeness (QED) is 0.406. The van der Waals surface area contributed by atoms with Gasteiger partial charge in [-0.15, -0.1) is 0 Å². The third kappa shape index (κ3) is 2.99. The van der Waals surface area contributed by atoms with Gasteiger partial charge in [0.15, 0.2) is 5.78 Å². The highest BCUT2D eigenvalue weighted by molar-refractivity contribution is 6.21. The smallest absolute Gasteiger partial charge is 0.195 e. The lowest BCUT2D eigenvalue weighted by Gasteiger charge is -2.09. The Hall–Kier alpha value is -3.07. The van der Waals surface area contributed by atoms with Gasteiger partial charge in [-0.05, 0) is 30.0 Å². The number of methoxy groups -OCH3 is 1. The van der Waals surface area contributed by atoms with Gasteiger partial charge in [0.1, 0.15) is 5.75 Å². The van der Waals surface area contributed by atoms with Crippen LogP contribution in [0.15, 0.2) is 66.9 Å². The van der Waals surface area contributed by atoms with Crippen molar-refractivity contribution in [2.75, 3.05) is 7.11 Å². The Kier molecular flexibility index (Phi) is 4.68. The second-order valence-corrected chi connectivity index (χ2v) is 6.80. The number of benzene rings is 3. The summed E-state index contributed by atoms with van der Waals surface area (Å²) in [7, 11) is 1.66. The normalized spacial score (nSPS) is 11.2. The molecular formula is C24H23NO2. The van der Waals surface area contributed by atoms with Crippen LogP contribution >= 0.6 is 0 Å². The van der Waals surface area contributed by atoms with Crippen molar-refractivity contribution in [1.82, 2.24) is 4.57 Å². The number of para-hydroxylation sites is 1. The maximum absolute atomic E-state index is 13.5. The second-order valence-electron chi connectivity index (χ2n) is 6.80. The van der Waals surface area contributed by atoms with Crippen molar-refractivity contribution >= 4 is 27.5 Å². The topological polar surface area (TPSA) is 31.2 Å². The van der Waals surface area contributed by atoms with E-state index in [4.69, 9.17) is 4.74 Å². The summed E-state index contributed by atoms with van der Waals surface area (Å²) in [5.41, 5.74) is 2.59.